The van der Waals surface area contributed by atoms with E-state index in [-0.39, 0.29) is 16.5 Å². The molecule has 2 aromatic carbocycles. The molecule has 0 radical (unpaired) electrons. The second-order valence-electron chi connectivity index (χ2n) is 6.05. The lowest BCUT2D eigenvalue weighted by Crippen LogP contribution is -2.43. The van der Waals surface area contributed by atoms with Crippen molar-refractivity contribution in [2.75, 3.05) is 11.9 Å². The SMILES string of the molecule is C[C@@](COc1ccc(Cl)c(F)c1)(N=O)C(=O)Nc1ccc(C#N)c(C(F)(F)F)c1. The Labute approximate surface area is 167 Å². The molecule has 0 bridgehead atoms. The van der Waals surface area contributed by atoms with Crippen LogP contribution in [0.3, 0.4) is 0 Å². The van der Waals surface area contributed by atoms with Gasteiger partial charge in [0.25, 0.3) is 5.91 Å². The van der Waals surface area contributed by atoms with E-state index in [0.29, 0.717) is 6.07 Å². The minimum absolute atomic E-state index is 0.0349. The number of nitrogens with one attached hydrogen (secondary N) is 1. The summed E-state index contributed by atoms with van der Waals surface area (Å²) in [6, 6.07) is 7.37. The third kappa shape index (κ3) is 5.20. The van der Waals surface area contributed by atoms with Crippen molar-refractivity contribution in [3.8, 4) is 11.8 Å². The summed E-state index contributed by atoms with van der Waals surface area (Å²) in [6.45, 7) is 0.474. The van der Waals surface area contributed by atoms with Crippen LogP contribution in [0.4, 0.5) is 23.2 Å². The topological polar surface area (TPSA) is 91.5 Å². The highest BCUT2D eigenvalue weighted by Gasteiger charge is 2.38. The third-order valence-corrected chi connectivity index (χ3v) is 4.11. The molecule has 0 aliphatic heterocycles. The van der Waals surface area contributed by atoms with Gasteiger partial charge < -0.3 is 10.1 Å². The van der Waals surface area contributed by atoms with E-state index in [1.165, 1.54) is 18.2 Å². The van der Waals surface area contributed by atoms with E-state index in [9.17, 15) is 27.3 Å². The van der Waals surface area contributed by atoms with E-state index in [4.69, 9.17) is 21.6 Å². The average Bonchev–Trinajstić information content (AvgIpc) is 2.67. The molecule has 0 fully saturated rings. The lowest BCUT2D eigenvalue weighted by Gasteiger charge is -2.21. The molecular weight excluding hydrogens is 418 g/mol. The monoisotopic (exact) mass is 429 g/mol. The number of benzene rings is 2. The summed E-state index contributed by atoms with van der Waals surface area (Å²) in [7, 11) is 0. The van der Waals surface area contributed by atoms with Crippen molar-refractivity contribution in [3.63, 3.8) is 0 Å². The van der Waals surface area contributed by atoms with Gasteiger partial charge in [-0.15, -0.1) is 4.91 Å². The summed E-state index contributed by atoms with van der Waals surface area (Å²) in [5.41, 5.74) is -4.21. The molecule has 152 valence electrons. The molecule has 29 heavy (non-hydrogen) atoms. The smallest absolute Gasteiger partial charge is 0.417 e. The maximum absolute atomic E-state index is 13.4. The van der Waals surface area contributed by atoms with Crippen LogP contribution >= 0.6 is 11.6 Å². The molecule has 2 rings (SSSR count). The first-order valence-electron chi connectivity index (χ1n) is 7.85. The molecule has 6 nitrogen and oxygen atoms in total. The molecule has 0 aliphatic carbocycles. The Balaban J connectivity index is 2.19. The lowest BCUT2D eigenvalue weighted by atomic mass is 10.0. The first-order chi connectivity index (χ1) is 13.5. The molecule has 1 N–H and O–H groups in total. The van der Waals surface area contributed by atoms with Crippen LogP contribution in [-0.4, -0.2) is 18.1 Å². The average molecular weight is 430 g/mol. The van der Waals surface area contributed by atoms with Crippen molar-refractivity contribution in [2.24, 2.45) is 5.18 Å². The Kier molecular flexibility index (Phi) is 6.44. The van der Waals surface area contributed by atoms with Gasteiger partial charge in [0, 0.05) is 11.8 Å². The van der Waals surface area contributed by atoms with E-state index in [2.05, 4.69) is 10.5 Å². The third-order valence-electron chi connectivity index (χ3n) is 3.80. The zero-order valence-corrected chi connectivity index (χ0v) is 15.4. The first-order valence-corrected chi connectivity index (χ1v) is 8.23. The Bertz CT molecular complexity index is 991. The normalized spacial score (nSPS) is 13.1. The largest absolute Gasteiger partial charge is 0.490 e. The molecular formula is C18H12ClF4N3O3. The van der Waals surface area contributed by atoms with Crippen molar-refractivity contribution < 1.29 is 27.1 Å². The molecule has 0 heterocycles. The van der Waals surface area contributed by atoms with Gasteiger partial charge in [0.2, 0.25) is 5.54 Å². The molecule has 2 aromatic rings. The van der Waals surface area contributed by atoms with Gasteiger partial charge in [0.1, 0.15) is 18.2 Å². The number of carbonyl (C=O) groups is 1. The second kappa shape index (κ2) is 8.45. The summed E-state index contributed by atoms with van der Waals surface area (Å²) in [4.78, 5) is 23.6. The number of halogens is 5. The fraction of sp³-hybridized carbons (Fsp3) is 0.222. The summed E-state index contributed by atoms with van der Waals surface area (Å²) in [5.74, 6) is -1.88. The number of nitroso groups, excluding NO2 is 1. The summed E-state index contributed by atoms with van der Waals surface area (Å²) in [5, 5.41) is 13.5. The molecule has 0 saturated heterocycles. The van der Waals surface area contributed by atoms with Crippen molar-refractivity contribution in [2.45, 2.75) is 18.6 Å². The number of rotatable bonds is 6. The maximum Gasteiger partial charge on any atom is 0.417 e. The van der Waals surface area contributed by atoms with E-state index in [1.807, 2.05) is 0 Å². The summed E-state index contributed by atoms with van der Waals surface area (Å²) >= 11 is 5.54. The van der Waals surface area contributed by atoms with Crippen molar-refractivity contribution >= 4 is 23.2 Å². The fourth-order valence-electron chi connectivity index (χ4n) is 2.14. The van der Waals surface area contributed by atoms with Gasteiger partial charge in [-0.25, -0.2) is 4.39 Å². The standard InChI is InChI=1S/C18H12ClF4N3O3/c1-17(26-28,9-29-12-4-5-14(19)15(20)7-12)16(27)25-11-3-2-10(8-24)13(6-11)18(21,22)23/h2-7H,9H2,1H3,(H,25,27)/t17-/m0/s1. The van der Waals surface area contributed by atoms with E-state index < -0.39 is 41.2 Å². The minimum Gasteiger partial charge on any atom is -0.490 e. The van der Waals surface area contributed by atoms with E-state index >= 15 is 0 Å². The Morgan fingerprint density at radius 3 is 2.52 bits per heavy atom. The molecule has 11 heteroatoms. The zero-order valence-electron chi connectivity index (χ0n) is 14.7. The second-order valence-corrected chi connectivity index (χ2v) is 6.46. The van der Waals surface area contributed by atoms with Gasteiger partial charge in [0.05, 0.1) is 22.2 Å². The summed E-state index contributed by atoms with van der Waals surface area (Å²) < 4.78 is 57.7. The Morgan fingerprint density at radius 2 is 1.97 bits per heavy atom. The molecule has 0 aliphatic rings. The Morgan fingerprint density at radius 1 is 1.28 bits per heavy atom. The van der Waals surface area contributed by atoms with E-state index in [1.54, 1.807) is 0 Å². The number of hydrogen-bond donors (Lipinski definition) is 1. The van der Waals surface area contributed by atoms with Crippen LogP contribution < -0.4 is 10.1 Å². The lowest BCUT2D eigenvalue weighted by molar-refractivity contribution is -0.137. The minimum atomic E-state index is -4.82. The molecule has 0 spiro atoms. The van der Waals surface area contributed by atoms with Gasteiger partial charge in [-0.2, -0.15) is 18.4 Å². The van der Waals surface area contributed by atoms with Gasteiger partial charge in [-0.05, 0) is 42.4 Å². The zero-order chi connectivity index (χ0) is 21.8. The number of nitrogens with zero attached hydrogens (tertiary/aromatic N) is 2. The van der Waals surface area contributed by atoms with Crippen molar-refractivity contribution in [1.82, 2.24) is 0 Å². The number of nitriles is 1. The van der Waals surface area contributed by atoms with Crippen molar-refractivity contribution in [3.05, 3.63) is 63.3 Å². The van der Waals surface area contributed by atoms with Gasteiger partial charge in [-0.3, -0.25) is 4.79 Å². The van der Waals surface area contributed by atoms with Gasteiger partial charge in [-0.1, -0.05) is 11.6 Å². The van der Waals surface area contributed by atoms with Crippen LogP contribution in [0.2, 0.25) is 5.02 Å². The Hall–Kier alpha value is -3.19. The molecule has 0 saturated carbocycles. The van der Waals surface area contributed by atoms with Crippen molar-refractivity contribution in [1.29, 1.82) is 5.26 Å². The number of anilines is 1. The predicted molar refractivity (Wildman–Crippen MR) is 95.9 cm³/mol. The first kappa shape index (κ1) is 22.1. The number of hydrogen-bond acceptors (Lipinski definition) is 5. The number of ether oxygens (including phenoxy) is 1. The van der Waals surface area contributed by atoms with Gasteiger partial charge >= 0.3 is 6.18 Å². The molecule has 0 unspecified atom stereocenters. The quantitative estimate of drug-likeness (QED) is 0.521. The molecule has 1 atom stereocenters. The molecule has 1 amide bonds. The number of amides is 1. The highest BCUT2D eigenvalue weighted by atomic mass is 35.5. The van der Waals surface area contributed by atoms with Crippen LogP contribution in [0.25, 0.3) is 0 Å². The fourth-order valence-corrected chi connectivity index (χ4v) is 2.26. The van der Waals surface area contributed by atoms with Crippen LogP contribution in [0, 0.1) is 22.1 Å². The number of alkyl halides is 3. The van der Waals surface area contributed by atoms with Crippen LogP contribution in [0.1, 0.15) is 18.1 Å². The van der Waals surface area contributed by atoms with E-state index in [0.717, 1.165) is 25.1 Å². The molecule has 0 aromatic heterocycles. The van der Waals surface area contributed by atoms with Crippen LogP contribution in [0.5, 0.6) is 5.75 Å². The highest BCUT2D eigenvalue weighted by Crippen LogP contribution is 2.34. The van der Waals surface area contributed by atoms with Gasteiger partial charge in [0.15, 0.2) is 0 Å². The predicted octanol–water partition coefficient (Wildman–Crippen LogP) is 4.91. The maximum atomic E-state index is 13.4. The van der Waals surface area contributed by atoms with Crippen LogP contribution in [-0.2, 0) is 11.0 Å². The van der Waals surface area contributed by atoms with Crippen LogP contribution in [0.15, 0.2) is 41.6 Å². The summed E-state index contributed by atoms with van der Waals surface area (Å²) in [6.07, 6.45) is -4.82. The highest BCUT2D eigenvalue weighted by molar-refractivity contribution is 6.30. The number of carbonyl (C=O) groups excluding carboxylic acids is 1.